The highest BCUT2D eigenvalue weighted by atomic mass is 19.1. The minimum Gasteiger partial charge on any atom is -0.394 e. The molecule has 8 heteroatoms. The fourth-order valence-electron chi connectivity index (χ4n) is 2.98. The molecule has 0 aliphatic heterocycles. The number of pyridine rings is 1. The summed E-state index contributed by atoms with van der Waals surface area (Å²) in [5, 5.41) is 13.8. The van der Waals surface area contributed by atoms with Gasteiger partial charge in [-0.1, -0.05) is 0 Å². The highest BCUT2D eigenvalue weighted by Crippen LogP contribution is 2.22. The summed E-state index contributed by atoms with van der Waals surface area (Å²) in [5.74, 6) is -0.476. The lowest BCUT2D eigenvalue weighted by Crippen LogP contribution is -2.14. The van der Waals surface area contributed by atoms with Crippen LogP contribution in [0.5, 0.6) is 0 Å². The number of fused-ring (bicyclic) bond motifs is 2. The van der Waals surface area contributed by atoms with Crippen molar-refractivity contribution in [3.05, 3.63) is 65.1 Å². The zero-order valence-electron chi connectivity index (χ0n) is 13.7. The molecule has 0 atom stereocenters. The lowest BCUT2D eigenvalue weighted by Gasteiger charge is -2.16. The number of aromatic nitrogens is 4. The molecule has 0 amide bonds. The van der Waals surface area contributed by atoms with Gasteiger partial charge in [-0.2, -0.15) is 5.10 Å². The minimum absolute atomic E-state index is 0.111. The van der Waals surface area contributed by atoms with Crippen molar-refractivity contribution >= 4 is 21.8 Å². The lowest BCUT2D eigenvalue weighted by molar-refractivity contribution is 0.0522. The Morgan fingerprint density at radius 3 is 2.77 bits per heavy atom. The fourth-order valence-corrected chi connectivity index (χ4v) is 2.98. The highest BCUT2D eigenvalue weighted by molar-refractivity contribution is 5.94. The largest absolute Gasteiger partial charge is 0.394 e. The van der Waals surface area contributed by atoms with Gasteiger partial charge in [-0.05, 0) is 36.4 Å². The van der Waals surface area contributed by atoms with Gasteiger partial charge in [0.05, 0.1) is 29.9 Å². The number of hydrogen-bond acceptors (Lipinski definition) is 5. The smallest absolute Gasteiger partial charge is 0.197 e. The van der Waals surface area contributed by atoms with Crippen LogP contribution in [0, 0.1) is 5.82 Å². The normalized spacial score (nSPS) is 11.5. The van der Waals surface area contributed by atoms with Crippen molar-refractivity contribution in [2.24, 2.45) is 0 Å². The van der Waals surface area contributed by atoms with Crippen LogP contribution in [0.1, 0.15) is 0 Å². The third-order valence-electron chi connectivity index (χ3n) is 4.15. The molecule has 4 rings (SSSR count). The number of benzene rings is 2. The van der Waals surface area contributed by atoms with Crippen molar-refractivity contribution in [1.82, 2.24) is 19.3 Å². The molecule has 0 unspecified atom stereocenters. The van der Waals surface area contributed by atoms with Crippen LogP contribution in [-0.4, -0.2) is 37.7 Å². The van der Waals surface area contributed by atoms with Crippen molar-refractivity contribution < 1.29 is 14.2 Å². The SMILES string of the molecule is O=c1c2cc(F)ccc2n(COCCO)c2cc(-n3cncn3)ccc12. The molecule has 26 heavy (non-hydrogen) atoms. The van der Waals surface area contributed by atoms with Gasteiger partial charge in [0.25, 0.3) is 0 Å². The van der Waals surface area contributed by atoms with Crippen LogP contribution in [0.2, 0.25) is 0 Å². The van der Waals surface area contributed by atoms with Gasteiger partial charge in [0, 0.05) is 10.8 Å². The molecule has 0 aliphatic carbocycles. The van der Waals surface area contributed by atoms with Gasteiger partial charge in [0.15, 0.2) is 5.43 Å². The molecule has 7 nitrogen and oxygen atoms in total. The number of hydrogen-bond donors (Lipinski definition) is 1. The van der Waals surface area contributed by atoms with Crippen LogP contribution in [0.25, 0.3) is 27.5 Å². The van der Waals surface area contributed by atoms with Gasteiger partial charge >= 0.3 is 0 Å². The van der Waals surface area contributed by atoms with Crippen LogP contribution < -0.4 is 5.43 Å². The van der Waals surface area contributed by atoms with Gasteiger partial charge in [-0.3, -0.25) is 4.79 Å². The first-order valence-electron chi connectivity index (χ1n) is 7.98. The molecular formula is C18H15FN4O3. The Hall–Kier alpha value is -3.10. The predicted molar refractivity (Wildman–Crippen MR) is 93.6 cm³/mol. The van der Waals surface area contributed by atoms with Gasteiger partial charge < -0.3 is 14.4 Å². The summed E-state index contributed by atoms with van der Waals surface area (Å²) in [5.41, 5.74) is 1.66. The van der Waals surface area contributed by atoms with Crippen molar-refractivity contribution in [1.29, 1.82) is 0 Å². The monoisotopic (exact) mass is 354 g/mol. The molecule has 2 aromatic carbocycles. The van der Waals surface area contributed by atoms with E-state index in [9.17, 15) is 9.18 Å². The van der Waals surface area contributed by atoms with Crippen LogP contribution in [0.4, 0.5) is 4.39 Å². The average molecular weight is 354 g/mol. The first-order chi connectivity index (χ1) is 12.7. The molecule has 132 valence electrons. The Morgan fingerprint density at radius 2 is 2.00 bits per heavy atom. The molecule has 0 radical (unpaired) electrons. The highest BCUT2D eigenvalue weighted by Gasteiger charge is 2.13. The number of aliphatic hydroxyl groups excluding tert-OH is 1. The van der Waals surface area contributed by atoms with E-state index < -0.39 is 5.82 Å². The molecular weight excluding hydrogens is 339 g/mol. The van der Waals surface area contributed by atoms with E-state index in [0.29, 0.717) is 16.4 Å². The first kappa shape index (κ1) is 16.4. The minimum atomic E-state index is -0.476. The van der Waals surface area contributed by atoms with Crippen molar-refractivity contribution in [2.45, 2.75) is 6.73 Å². The van der Waals surface area contributed by atoms with E-state index in [2.05, 4.69) is 10.1 Å². The van der Waals surface area contributed by atoms with Gasteiger partial charge in [-0.15, -0.1) is 0 Å². The van der Waals surface area contributed by atoms with Crippen LogP contribution in [0.15, 0.2) is 53.8 Å². The maximum atomic E-state index is 13.7. The molecule has 0 saturated carbocycles. The molecule has 0 fully saturated rings. The molecule has 1 N–H and O–H groups in total. The summed E-state index contributed by atoms with van der Waals surface area (Å²) < 4.78 is 22.5. The second-order valence-electron chi connectivity index (χ2n) is 5.72. The van der Waals surface area contributed by atoms with Crippen LogP contribution in [0.3, 0.4) is 0 Å². The summed E-state index contributed by atoms with van der Waals surface area (Å²) in [7, 11) is 0. The van der Waals surface area contributed by atoms with E-state index in [-0.39, 0.29) is 30.8 Å². The second kappa shape index (κ2) is 6.66. The first-order valence-corrected chi connectivity index (χ1v) is 7.98. The van der Waals surface area contributed by atoms with E-state index in [1.165, 1.54) is 18.5 Å². The van der Waals surface area contributed by atoms with E-state index in [1.807, 2.05) is 0 Å². The summed E-state index contributed by atoms with van der Waals surface area (Å²) in [4.78, 5) is 16.8. The molecule has 2 heterocycles. The summed E-state index contributed by atoms with van der Waals surface area (Å²) in [6, 6.07) is 9.32. The average Bonchev–Trinajstić information content (AvgIpc) is 3.19. The summed E-state index contributed by atoms with van der Waals surface area (Å²) in [6.07, 6.45) is 2.98. The van der Waals surface area contributed by atoms with Crippen molar-refractivity contribution in [2.75, 3.05) is 13.2 Å². The Balaban J connectivity index is 2.02. The zero-order chi connectivity index (χ0) is 18.1. The Kier molecular flexibility index (Phi) is 4.19. The number of aliphatic hydroxyl groups is 1. The Morgan fingerprint density at radius 1 is 1.12 bits per heavy atom. The van der Waals surface area contributed by atoms with E-state index in [1.54, 1.807) is 39.8 Å². The summed E-state index contributed by atoms with van der Waals surface area (Å²) in [6.45, 7) is 0.147. The number of ether oxygens (including phenoxy) is 1. The standard InChI is InChI=1S/C18H15FN4O3/c19-12-1-4-16-15(7-12)18(25)14-3-2-13(23-10-20-9-21-23)8-17(14)22(16)11-26-6-5-24/h1-4,7-10,24H,5-6,11H2. The number of nitrogens with zero attached hydrogens (tertiary/aromatic N) is 4. The Labute approximate surface area is 146 Å². The third kappa shape index (κ3) is 2.75. The zero-order valence-corrected chi connectivity index (χ0v) is 13.7. The third-order valence-corrected chi connectivity index (χ3v) is 4.15. The van der Waals surface area contributed by atoms with E-state index in [4.69, 9.17) is 9.84 Å². The van der Waals surface area contributed by atoms with Gasteiger partial charge in [0.1, 0.15) is 25.2 Å². The maximum Gasteiger partial charge on any atom is 0.197 e. The molecule has 0 saturated heterocycles. The molecule has 0 aliphatic rings. The quantitative estimate of drug-likeness (QED) is 0.437. The molecule has 2 aromatic heterocycles. The fraction of sp³-hybridized carbons (Fsp3) is 0.167. The van der Waals surface area contributed by atoms with E-state index in [0.717, 1.165) is 5.69 Å². The van der Waals surface area contributed by atoms with E-state index >= 15 is 0 Å². The number of halogens is 1. The van der Waals surface area contributed by atoms with Crippen molar-refractivity contribution in [3.63, 3.8) is 0 Å². The molecule has 0 bridgehead atoms. The van der Waals surface area contributed by atoms with Gasteiger partial charge in [0.2, 0.25) is 0 Å². The summed E-state index contributed by atoms with van der Waals surface area (Å²) >= 11 is 0. The van der Waals surface area contributed by atoms with Crippen LogP contribution >= 0.6 is 0 Å². The second-order valence-corrected chi connectivity index (χ2v) is 5.72. The lowest BCUT2D eigenvalue weighted by atomic mass is 10.1. The Bertz CT molecular complexity index is 1140. The van der Waals surface area contributed by atoms with Crippen molar-refractivity contribution in [3.8, 4) is 5.69 Å². The molecule has 4 aromatic rings. The predicted octanol–water partition coefficient (Wildman–Crippen LogP) is 1.84. The maximum absolute atomic E-state index is 13.7. The number of rotatable bonds is 5. The topological polar surface area (TPSA) is 82.2 Å². The van der Waals surface area contributed by atoms with Crippen LogP contribution in [-0.2, 0) is 11.5 Å². The van der Waals surface area contributed by atoms with Gasteiger partial charge in [-0.25, -0.2) is 14.1 Å². The molecule has 0 spiro atoms.